The number of unbranched alkanes of at least 4 members (excludes halogenated alkanes) is 26. The lowest BCUT2D eigenvalue weighted by Gasteiger charge is -2.21. The fraction of sp³-hybridized carbons (Fsp3) is 0.721. The van der Waals surface area contributed by atoms with Gasteiger partial charge in [0.1, 0.15) is 12.7 Å². The van der Waals surface area contributed by atoms with E-state index in [4.69, 9.17) is 23.3 Å². The normalized spacial score (nSPS) is 13.9. The summed E-state index contributed by atoms with van der Waals surface area (Å²) in [5, 5.41) is 9.86. The molecule has 0 heterocycles. The molecule has 0 aromatic carbocycles. The van der Waals surface area contributed by atoms with Crippen LogP contribution < -0.4 is 0 Å². The molecule has 0 saturated heterocycles. The van der Waals surface area contributed by atoms with Crippen LogP contribution in [0.25, 0.3) is 0 Å². The molecule has 2 N–H and O–H groups in total. The minimum Gasteiger partial charge on any atom is -0.462 e. The van der Waals surface area contributed by atoms with Crippen LogP contribution in [0.15, 0.2) is 97.2 Å². The van der Waals surface area contributed by atoms with Crippen LogP contribution in [-0.4, -0.2) is 66.5 Å². The van der Waals surface area contributed by atoms with Gasteiger partial charge in [-0.15, -0.1) is 0 Å². The minimum absolute atomic E-state index is 0.140. The summed E-state index contributed by atoms with van der Waals surface area (Å²) < 4.78 is 39.6. The summed E-state index contributed by atoms with van der Waals surface area (Å²) in [6.07, 6.45) is 73.6. The van der Waals surface area contributed by atoms with Crippen molar-refractivity contribution in [1.82, 2.24) is 0 Å². The Hall–Kier alpha value is -3.60. The van der Waals surface area contributed by atoms with E-state index in [1.807, 2.05) is 0 Å². The van der Waals surface area contributed by atoms with Gasteiger partial charge in [0.05, 0.1) is 19.8 Å². The summed E-state index contributed by atoms with van der Waals surface area (Å²) in [4.78, 5) is 48.7. The molecule has 0 bridgehead atoms. The zero-order valence-electron chi connectivity index (χ0n) is 51.0. The van der Waals surface area contributed by atoms with Crippen molar-refractivity contribution in [3.05, 3.63) is 97.2 Å². The molecule has 0 aromatic heterocycles. The lowest BCUT2D eigenvalue weighted by atomic mass is 10.1. The number of aliphatic hydroxyl groups excluding tert-OH is 1. The maximum absolute atomic E-state index is 13.0. The molecule has 460 valence electrons. The highest BCUT2D eigenvalue weighted by molar-refractivity contribution is 7.47. The molecule has 3 atom stereocenters. The smallest absolute Gasteiger partial charge is 0.462 e. The molecule has 80 heavy (non-hydrogen) atoms. The van der Waals surface area contributed by atoms with Crippen LogP contribution in [0, 0.1) is 0 Å². The molecule has 0 aliphatic carbocycles. The largest absolute Gasteiger partial charge is 0.472 e. The number of carbonyl (C=O) groups excluding carboxylic acids is 3. The maximum Gasteiger partial charge on any atom is 0.472 e. The topological polar surface area (TPSA) is 155 Å². The first-order chi connectivity index (χ1) is 39.2. The summed E-state index contributed by atoms with van der Waals surface area (Å²) in [5.41, 5.74) is 0. The Bertz CT molecular complexity index is 1710. The molecule has 12 heteroatoms. The average Bonchev–Trinajstić information content (AvgIpc) is 3.45. The molecular formula is C68H117O11P. The second-order valence-corrected chi connectivity index (χ2v) is 22.6. The van der Waals surface area contributed by atoms with E-state index in [0.29, 0.717) is 19.3 Å². The number of carbonyl (C=O) groups is 3. The highest BCUT2D eigenvalue weighted by Crippen LogP contribution is 2.43. The van der Waals surface area contributed by atoms with Gasteiger partial charge in [0.15, 0.2) is 6.10 Å². The van der Waals surface area contributed by atoms with Gasteiger partial charge in [-0.2, -0.15) is 0 Å². The molecule has 11 nitrogen and oxygen atoms in total. The monoisotopic (exact) mass is 1140 g/mol. The summed E-state index contributed by atoms with van der Waals surface area (Å²) >= 11 is 0. The molecule has 0 radical (unpaired) electrons. The second kappa shape index (κ2) is 61.5. The molecule has 3 unspecified atom stereocenters. The summed E-state index contributed by atoms with van der Waals surface area (Å²) in [6.45, 7) is 4.46. The quantitative estimate of drug-likeness (QED) is 0.0197. The van der Waals surface area contributed by atoms with Crippen LogP contribution in [0.2, 0.25) is 0 Å². The van der Waals surface area contributed by atoms with E-state index in [9.17, 15) is 28.9 Å². The zero-order chi connectivity index (χ0) is 58.3. The van der Waals surface area contributed by atoms with Crippen molar-refractivity contribution in [1.29, 1.82) is 0 Å². The molecule has 0 saturated carbocycles. The molecule has 0 aliphatic heterocycles. The van der Waals surface area contributed by atoms with E-state index in [2.05, 4.69) is 118 Å². The SMILES string of the molecule is CC/C=C\C/C=C\C/C=C\C/C=C\CCCCC(=O)OCC(COP(=O)(O)OCC(CO)OC(=O)CCCCCCCCCCC/C=C\CCCCCCCC)OC(=O)CCCCCCCC/C=C\C/C=C\C/C=C\CCCCC. The number of phosphoric acid groups is 1. The van der Waals surface area contributed by atoms with E-state index in [0.717, 1.165) is 109 Å². The van der Waals surface area contributed by atoms with Crippen LogP contribution in [0.3, 0.4) is 0 Å². The Morgan fingerprint density at radius 3 is 1.06 bits per heavy atom. The number of hydrogen-bond acceptors (Lipinski definition) is 10. The molecule has 0 amide bonds. The first-order valence-corrected chi connectivity index (χ1v) is 33.6. The first-order valence-electron chi connectivity index (χ1n) is 32.1. The Kier molecular flexibility index (Phi) is 58.7. The van der Waals surface area contributed by atoms with E-state index < -0.39 is 57.8 Å². The fourth-order valence-corrected chi connectivity index (χ4v) is 9.37. The van der Waals surface area contributed by atoms with E-state index in [1.54, 1.807) is 0 Å². The molecule has 0 rings (SSSR count). The van der Waals surface area contributed by atoms with Gasteiger partial charge in [0, 0.05) is 19.3 Å². The molecule has 0 spiro atoms. The lowest BCUT2D eigenvalue weighted by Crippen LogP contribution is -2.30. The van der Waals surface area contributed by atoms with Gasteiger partial charge in [-0.1, -0.05) is 234 Å². The van der Waals surface area contributed by atoms with Crippen LogP contribution in [0.1, 0.15) is 278 Å². The molecule has 0 aliphatic rings. The summed E-state index contributed by atoms with van der Waals surface area (Å²) in [5.74, 6) is -1.53. The second-order valence-electron chi connectivity index (χ2n) is 21.2. The maximum atomic E-state index is 13.0. The van der Waals surface area contributed by atoms with Crippen LogP contribution in [0.4, 0.5) is 0 Å². The fourth-order valence-electron chi connectivity index (χ4n) is 8.58. The first kappa shape index (κ1) is 76.4. The Morgan fingerprint density at radius 1 is 0.362 bits per heavy atom. The molecular weight excluding hydrogens is 1020 g/mol. The van der Waals surface area contributed by atoms with Gasteiger partial charge >= 0.3 is 25.7 Å². The third kappa shape index (κ3) is 59.0. The van der Waals surface area contributed by atoms with Crippen molar-refractivity contribution in [2.75, 3.05) is 26.4 Å². The predicted molar refractivity (Wildman–Crippen MR) is 334 cm³/mol. The number of phosphoric ester groups is 1. The summed E-state index contributed by atoms with van der Waals surface area (Å²) in [6, 6.07) is 0. The van der Waals surface area contributed by atoms with Crippen LogP contribution in [-0.2, 0) is 42.2 Å². The van der Waals surface area contributed by atoms with Gasteiger partial charge in [-0.05, 0) is 122 Å². The van der Waals surface area contributed by atoms with Crippen molar-refractivity contribution in [2.45, 2.75) is 290 Å². The van der Waals surface area contributed by atoms with Gasteiger partial charge in [-0.25, -0.2) is 4.57 Å². The number of ether oxygens (including phenoxy) is 3. The number of hydrogen-bond donors (Lipinski definition) is 2. The number of allylic oxidation sites excluding steroid dienone is 16. The molecule has 0 aromatic rings. The Labute approximate surface area is 489 Å². The average molecular weight is 1140 g/mol. The number of rotatable bonds is 59. The van der Waals surface area contributed by atoms with Crippen LogP contribution in [0.5, 0.6) is 0 Å². The Morgan fingerprint density at radius 2 is 0.650 bits per heavy atom. The van der Waals surface area contributed by atoms with Crippen LogP contribution >= 0.6 is 7.82 Å². The highest BCUT2D eigenvalue weighted by Gasteiger charge is 2.28. The van der Waals surface area contributed by atoms with Crippen molar-refractivity contribution in [3.63, 3.8) is 0 Å². The van der Waals surface area contributed by atoms with Gasteiger partial charge in [0.2, 0.25) is 0 Å². The van der Waals surface area contributed by atoms with Crippen molar-refractivity contribution < 1.29 is 52.2 Å². The minimum atomic E-state index is -4.77. The highest BCUT2D eigenvalue weighted by atomic mass is 31.2. The van der Waals surface area contributed by atoms with Gasteiger partial charge < -0.3 is 24.2 Å². The van der Waals surface area contributed by atoms with E-state index >= 15 is 0 Å². The predicted octanol–water partition coefficient (Wildman–Crippen LogP) is 19.6. The van der Waals surface area contributed by atoms with E-state index in [1.165, 1.54) is 109 Å². The number of aliphatic hydroxyl groups is 1. The number of esters is 3. The Balaban J connectivity index is 4.74. The third-order valence-corrected chi connectivity index (χ3v) is 14.4. The van der Waals surface area contributed by atoms with Crippen molar-refractivity contribution in [2.24, 2.45) is 0 Å². The molecule has 0 fully saturated rings. The third-order valence-electron chi connectivity index (χ3n) is 13.5. The standard InChI is InChI=1S/C68H117O11P/c1-4-7-10-13-16-19-22-25-28-30-32-34-37-40-43-46-49-52-55-58-67(71)78-64(60-69)62-76-80(73,74)77-63-65(61-75-66(70)57-54-51-48-45-42-39-36-27-24-21-18-15-12-9-6-3)79-68(72)59-56-53-50-47-44-41-38-35-33-31-29-26-23-20-17-14-11-8-5-2/h9,12,17-18,20-21,25-29,33,35-36,42,45,64-65,69H,4-8,10-11,13-16,19,22-24,30-32,34,37-41,43-44,46-63H2,1-3H3,(H,73,74)/b12-9-,20-17-,21-18-,28-25-,29-26-,35-33-,36-27-,45-42-. The lowest BCUT2D eigenvalue weighted by molar-refractivity contribution is -0.161. The van der Waals surface area contributed by atoms with Crippen molar-refractivity contribution >= 4 is 25.7 Å². The van der Waals surface area contributed by atoms with Gasteiger partial charge in [0.25, 0.3) is 0 Å². The zero-order valence-corrected chi connectivity index (χ0v) is 51.9. The van der Waals surface area contributed by atoms with Gasteiger partial charge in [-0.3, -0.25) is 23.4 Å². The summed E-state index contributed by atoms with van der Waals surface area (Å²) in [7, 11) is -4.77. The van der Waals surface area contributed by atoms with Crippen molar-refractivity contribution in [3.8, 4) is 0 Å². The van der Waals surface area contributed by atoms with E-state index in [-0.39, 0.29) is 25.9 Å².